The molecule has 0 spiro atoms. The molecule has 0 saturated carbocycles. The van der Waals surface area contributed by atoms with Crippen LogP contribution in [-0.4, -0.2) is 23.7 Å². The minimum Gasteiger partial charge on any atom is -0.492 e. The molecule has 0 unspecified atom stereocenters. The molecule has 0 bridgehead atoms. The Hall–Kier alpha value is -2.16. The zero-order valence-electron chi connectivity index (χ0n) is 12.8. The van der Waals surface area contributed by atoms with Crippen molar-refractivity contribution < 1.29 is 14.5 Å². The number of thiophene rings is 1. The van der Waals surface area contributed by atoms with Gasteiger partial charge in [0.2, 0.25) is 5.91 Å². The number of hydrogen-bond donors (Lipinski definition) is 1. The maximum absolute atomic E-state index is 11.6. The van der Waals surface area contributed by atoms with Crippen molar-refractivity contribution >= 4 is 51.7 Å². The number of hydrazone groups is 1. The van der Waals surface area contributed by atoms with Gasteiger partial charge in [0.1, 0.15) is 5.75 Å². The first kappa shape index (κ1) is 19.2. The van der Waals surface area contributed by atoms with Crippen molar-refractivity contribution in [2.45, 2.75) is 12.8 Å². The lowest BCUT2D eigenvalue weighted by molar-refractivity contribution is -0.380. The highest BCUT2D eigenvalue weighted by atomic mass is 35.5. The molecule has 1 aromatic carbocycles. The van der Waals surface area contributed by atoms with Crippen molar-refractivity contribution in [3.63, 3.8) is 0 Å². The van der Waals surface area contributed by atoms with E-state index in [1.54, 1.807) is 24.3 Å². The van der Waals surface area contributed by atoms with Crippen molar-refractivity contribution in [3.05, 3.63) is 55.4 Å². The van der Waals surface area contributed by atoms with Crippen molar-refractivity contribution in [2.24, 2.45) is 5.10 Å². The highest BCUT2D eigenvalue weighted by molar-refractivity contribution is 7.16. The second kappa shape index (κ2) is 9.36. The molecule has 0 atom stereocenters. The Labute approximate surface area is 157 Å². The van der Waals surface area contributed by atoms with Crippen LogP contribution in [-0.2, 0) is 4.79 Å². The first-order valence-corrected chi connectivity index (χ1v) is 8.67. The number of halogens is 2. The molecule has 0 saturated heterocycles. The molecule has 2 rings (SSSR count). The molecular formula is C15H13Cl2N3O4S. The van der Waals surface area contributed by atoms with E-state index in [2.05, 4.69) is 10.5 Å². The van der Waals surface area contributed by atoms with Crippen LogP contribution in [0.2, 0.25) is 10.0 Å². The van der Waals surface area contributed by atoms with Gasteiger partial charge in [-0.05, 0) is 30.7 Å². The van der Waals surface area contributed by atoms with Crippen LogP contribution >= 0.6 is 34.5 Å². The van der Waals surface area contributed by atoms with E-state index in [0.29, 0.717) is 33.7 Å². The van der Waals surface area contributed by atoms with E-state index in [0.717, 1.165) is 11.3 Å². The van der Waals surface area contributed by atoms with Crippen LogP contribution in [0.3, 0.4) is 0 Å². The number of hydrogen-bond acceptors (Lipinski definition) is 6. The first-order chi connectivity index (χ1) is 12.0. The molecule has 132 valence electrons. The van der Waals surface area contributed by atoms with Crippen LogP contribution in [0, 0.1) is 10.1 Å². The van der Waals surface area contributed by atoms with Gasteiger partial charge in [0.15, 0.2) is 0 Å². The van der Waals surface area contributed by atoms with Gasteiger partial charge in [0.05, 0.1) is 27.6 Å². The highest BCUT2D eigenvalue weighted by Gasteiger charge is 2.08. The fraction of sp³-hybridized carbons (Fsp3) is 0.200. The summed E-state index contributed by atoms with van der Waals surface area (Å²) in [4.78, 5) is 22.3. The van der Waals surface area contributed by atoms with E-state index < -0.39 is 4.92 Å². The van der Waals surface area contributed by atoms with E-state index in [-0.39, 0.29) is 17.3 Å². The van der Waals surface area contributed by atoms with Crippen LogP contribution in [0.1, 0.15) is 17.7 Å². The molecule has 1 aromatic heterocycles. The zero-order chi connectivity index (χ0) is 18.2. The number of nitrogens with one attached hydrogen (secondary N) is 1. The normalized spacial score (nSPS) is 10.8. The lowest BCUT2D eigenvalue weighted by Gasteiger charge is -2.07. The standard InChI is InChI=1S/C15H13Cl2N3O4S/c16-10-3-5-13(12(17)8-10)24-7-1-2-14(21)19-18-9-11-4-6-15(25-11)20(22)23/h3-6,8-9H,1-2,7H2,(H,19,21). The smallest absolute Gasteiger partial charge is 0.324 e. The lowest BCUT2D eigenvalue weighted by Crippen LogP contribution is -2.17. The molecule has 0 aliphatic rings. The number of carbonyl (C=O) groups is 1. The quantitative estimate of drug-likeness (QED) is 0.309. The third-order valence-electron chi connectivity index (χ3n) is 2.87. The van der Waals surface area contributed by atoms with Crippen molar-refractivity contribution in [2.75, 3.05) is 6.61 Å². The zero-order valence-corrected chi connectivity index (χ0v) is 15.1. The summed E-state index contributed by atoms with van der Waals surface area (Å²) in [5, 5.41) is 15.3. The minimum absolute atomic E-state index is 0.0192. The second-order valence-electron chi connectivity index (χ2n) is 4.75. The van der Waals surface area contributed by atoms with E-state index in [1.807, 2.05) is 0 Å². The Kier molecular flexibility index (Phi) is 7.17. The molecule has 7 nitrogen and oxygen atoms in total. The Morgan fingerprint density at radius 1 is 1.36 bits per heavy atom. The van der Waals surface area contributed by atoms with Crippen molar-refractivity contribution in [1.82, 2.24) is 5.43 Å². The van der Waals surface area contributed by atoms with E-state index in [4.69, 9.17) is 27.9 Å². The number of rotatable bonds is 8. The van der Waals surface area contributed by atoms with E-state index in [1.165, 1.54) is 12.3 Å². The summed E-state index contributed by atoms with van der Waals surface area (Å²) in [6, 6.07) is 7.85. The van der Waals surface area contributed by atoms with Gasteiger partial charge in [-0.3, -0.25) is 14.9 Å². The second-order valence-corrected chi connectivity index (χ2v) is 6.69. The number of carbonyl (C=O) groups excluding carboxylic acids is 1. The maximum atomic E-state index is 11.6. The van der Waals surface area contributed by atoms with Crippen molar-refractivity contribution in [1.29, 1.82) is 0 Å². The molecule has 0 radical (unpaired) electrons. The number of nitro groups is 1. The highest BCUT2D eigenvalue weighted by Crippen LogP contribution is 2.27. The summed E-state index contributed by atoms with van der Waals surface area (Å²) in [5.74, 6) is 0.219. The van der Waals surface area contributed by atoms with Crippen LogP contribution < -0.4 is 10.2 Å². The van der Waals surface area contributed by atoms with Crippen LogP contribution in [0.5, 0.6) is 5.75 Å². The number of amides is 1. The Morgan fingerprint density at radius 3 is 2.84 bits per heavy atom. The van der Waals surface area contributed by atoms with E-state index in [9.17, 15) is 14.9 Å². The summed E-state index contributed by atoms with van der Waals surface area (Å²) in [6.45, 7) is 0.315. The third kappa shape index (κ3) is 6.33. The third-order valence-corrected chi connectivity index (χ3v) is 4.38. The molecule has 0 aliphatic heterocycles. The Bertz CT molecular complexity index is 795. The van der Waals surface area contributed by atoms with Gasteiger partial charge in [0.25, 0.3) is 0 Å². The van der Waals surface area contributed by atoms with Crippen LogP contribution in [0.25, 0.3) is 0 Å². The lowest BCUT2D eigenvalue weighted by atomic mass is 10.3. The van der Waals surface area contributed by atoms with Crippen LogP contribution in [0.15, 0.2) is 35.4 Å². The number of ether oxygens (including phenoxy) is 1. The van der Waals surface area contributed by atoms with E-state index >= 15 is 0 Å². The monoisotopic (exact) mass is 401 g/mol. The maximum Gasteiger partial charge on any atom is 0.324 e. The van der Waals surface area contributed by atoms with Gasteiger partial charge in [-0.15, -0.1) is 0 Å². The summed E-state index contributed by atoms with van der Waals surface area (Å²) >= 11 is 12.7. The summed E-state index contributed by atoms with van der Waals surface area (Å²) in [7, 11) is 0. The van der Waals surface area contributed by atoms with Gasteiger partial charge < -0.3 is 4.74 Å². The van der Waals surface area contributed by atoms with Gasteiger partial charge >= 0.3 is 5.00 Å². The molecule has 2 aromatic rings. The molecular weight excluding hydrogens is 389 g/mol. The summed E-state index contributed by atoms with van der Waals surface area (Å²) < 4.78 is 5.47. The topological polar surface area (TPSA) is 93.8 Å². The Morgan fingerprint density at radius 2 is 2.16 bits per heavy atom. The molecule has 1 amide bonds. The molecule has 0 aliphatic carbocycles. The summed E-state index contributed by atoms with van der Waals surface area (Å²) in [6.07, 6.45) is 2.05. The molecule has 10 heteroatoms. The number of nitrogens with zero attached hydrogens (tertiary/aromatic N) is 2. The van der Waals surface area contributed by atoms with Gasteiger partial charge in [-0.25, -0.2) is 5.43 Å². The molecule has 25 heavy (non-hydrogen) atoms. The summed E-state index contributed by atoms with van der Waals surface area (Å²) in [5.41, 5.74) is 2.36. The fourth-order valence-electron chi connectivity index (χ4n) is 1.74. The molecule has 0 fully saturated rings. The van der Waals surface area contributed by atoms with Gasteiger partial charge in [-0.1, -0.05) is 34.5 Å². The predicted molar refractivity (Wildman–Crippen MR) is 97.9 cm³/mol. The largest absolute Gasteiger partial charge is 0.492 e. The molecule has 1 N–H and O–H groups in total. The SMILES string of the molecule is O=C(CCCOc1ccc(Cl)cc1Cl)NN=Cc1ccc([N+](=O)[O-])s1. The predicted octanol–water partition coefficient (Wildman–Crippen LogP) is 4.27. The Balaban J connectivity index is 1.68. The minimum atomic E-state index is -0.479. The average molecular weight is 402 g/mol. The molecule has 1 heterocycles. The average Bonchev–Trinajstić information content (AvgIpc) is 3.02. The fourth-order valence-corrected chi connectivity index (χ4v) is 2.90. The number of benzene rings is 1. The van der Waals surface area contributed by atoms with Crippen LogP contribution in [0.4, 0.5) is 5.00 Å². The van der Waals surface area contributed by atoms with Gasteiger partial charge in [-0.2, -0.15) is 5.10 Å². The van der Waals surface area contributed by atoms with Crippen molar-refractivity contribution in [3.8, 4) is 5.75 Å². The first-order valence-electron chi connectivity index (χ1n) is 7.09. The van der Waals surface area contributed by atoms with Gasteiger partial charge in [0, 0.05) is 17.5 Å².